The van der Waals surface area contributed by atoms with E-state index in [0.29, 0.717) is 0 Å². The fraction of sp³-hybridized carbons (Fsp3) is 0.0909. The van der Waals surface area contributed by atoms with Crippen molar-refractivity contribution in [1.29, 1.82) is 5.26 Å². The van der Waals surface area contributed by atoms with Crippen molar-refractivity contribution in [2.45, 2.75) is 0 Å². The van der Waals surface area contributed by atoms with Gasteiger partial charge in [-0.15, -0.1) is 0 Å². The fourth-order valence-electron chi connectivity index (χ4n) is 1.12. The molecular formula is C11H8N2O4. The molecule has 0 aromatic heterocycles. The summed E-state index contributed by atoms with van der Waals surface area (Å²) < 4.78 is 4.72. The first-order chi connectivity index (χ1) is 8.10. The van der Waals surface area contributed by atoms with Gasteiger partial charge in [0.25, 0.3) is 5.69 Å². The van der Waals surface area contributed by atoms with Gasteiger partial charge in [0.2, 0.25) is 0 Å². The number of nitro benzene ring substituents is 1. The van der Waals surface area contributed by atoms with Crippen molar-refractivity contribution in [1.82, 2.24) is 0 Å². The van der Waals surface area contributed by atoms with E-state index in [9.17, 15) is 14.9 Å². The van der Waals surface area contributed by atoms with Gasteiger partial charge in [-0.05, 0) is 12.1 Å². The Labute approximate surface area is 96.9 Å². The average Bonchev–Trinajstić information content (AvgIpc) is 2.34. The van der Waals surface area contributed by atoms with Gasteiger partial charge in [-0.3, -0.25) is 10.1 Å². The Morgan fingerprint density at radius 2 is 2.35 bits per heavy atom. The smallest absolute Gasteiger partial charge is 0.338 e. The Hall–Kier alpha value is -2.68. The minimum absolute atomic E-state index is 0.0205. The Morgan fingerprint density at radius 1 is 1.65 bits per heavy atom. The summed E-state index contributed by atoms with van der Waals surface area (Å²) in [5, 5.41) is 19.3. The van der Waals surface area contributed by atoms with E-state index >= 15 is 0 Å². The van der Waals surface area contributed by atoms with Gasteiger partial charge < -0.3 is 4.74 Å². The molecule has 6 heteroatoms. The van der Waals surface area contributed by atoms with Crippen molar-refractivity contribution in [2.75, 3.05) is 6.61 Å². The highest BCUT2D eigenvalue weighted by atomic mass is 16.6. The number of hydrogen-bond donors (Lipinski definition) is 0. The van der Waals surface area contributed by atoms with Crippen LogP contribution in [0.1, 0.15) is 15.9 Å². The first-order valence-electron chi connectivity index (χ1n) is 4.56. The van der Waals surface area contributed by atoms with Crippen LogP contribution in [0.2, 0.25) is 0 Å². The molecule has 0 fully saturated rings. The average molecular weight is 232 g/mol. The van der Waals surface area contributed by atoms with Gasteiger partial charge in [-0.1, -0.05) is 12.7 Å². The lowest BCUT2D eigenvalue weighted by Gasteiger charge is -2.02. The fourth-order valence-corrected chi connectivity index (χ4v) is 1.12. The molecule has 0 aliphatic rings. The number of nitriles is 1. The third kappa shape index (κ3) is 2.89. The van der Waals surface area contributed by atoms with Crippen LogP contribution >= 0.6 is 0 Å². The highest BCUT2D eigenvalue weighted by Crippen LogP contribution is 2.19. The summed E-state index contributed by atoms with van der Waals surface area (Å²) >= 11 is 0. The molecule has 6 nitrogen and oxygen atoms in total. The van der Waals surface area contributed by atoms with Crippen LogP contribution in [0.5, 0.6) is 0 Å². The summed E-state index contributed by atoms with van der Waals surface area (Å²) in [6.07, 6.45) is 1.38. The van der Waals surface area contributed by atoms with Gasteiger partial charge in [-0.2, -0.15) is 5.26 Å². The molecule has 0 amide bonds. The lowest BCUT2D eigenvalue weighted by atomic mass is 10.1. The molecule has 1 aromatic carbocycles. The Balaban J connectivity index is 3.09. The number of esters is 1. The molecule has 1 aromatic rings. The second-order valence-electron chi connectivity index (χ2n) is 2.99. The van der Waals surface area contributed by atoms with Gasteiger partial charge in [0, 0.05) is 6.07 Å². The van der Waals surface area contributed by atoms with E-state index in [0.717, 1.165) is 6.07 Å². The molecule has 0 spiro atoms. The summed E-state index contributed by atoms with van der Waals surface area (Å²) in [5.74, 6) is -0.697. The summed E-state index contributed by atoms with van der Waals surface area (Å²) in [7, 11) is 0. The van der Waals surface area contributed by atoms with Crippen LogP contribution in [0.25, 0.3) is 0 Å². The third-order valence-corrected chi connectivity index (χ3v) is 1.88. The molecule has 0 bridgehead atoms. The number of ether oxygens (including phenoxy) is 1. The molecule has 0 radical (unpaired) electrons. The van der Waals surface area contributed by atoms with Gasteiger partial charge in [-0.25, -0.2) is 4.79 Å². The van der Waals surface area contributed by atoms with Crippen LogP contribution in [0.3, 0.4) is 0 Å². The number of carbonyl (C=O) groups excluding carboxylic acids is 1. The van der Waals surface area contributed by atoms with E-state index in [4.69, 9.17) is 10.00 Å². The SMILES string of the molecule is C=CCOC(=O)c1ccc(C#N)c([N+](=O)[O-])c1. The molecule has 0 N–H and O–H groups in total. The lowest BCUT2D eigenvalue weighted by Crippen LogP contribution is -2.06. The third-order valence-electron chi connectivity index (χ3n) is 1.88. The second kappa shape index (κ2) is 5.42. The van der Waals surface area contributed by atoms with Crippen LogP contribution in [0, 0.1) is 21.4 Å². The molecule has 0 aliphatic carbocycles. The number of hydrogen-bond acceptors (Lipinski definition) is 5. The van der Waals surface area contributed by atoms with Crippen molar-refractivity contribution >= 4 is 11.7 Å². The first-order valence-corrected chi connectivity index (χ1v) is 4.56. The van der Waals surface area contributed by atoms with Crippen molar-refractivity contribution in [3.63, 3.8) is 0 Å². The Bertz CT molecular complexity index is 517. The monoisotopic (exact) mass is 232 g/mol. The Kier molecular flexibility index (Phi) is 3.95. The first kappa shape index (κ1) is 12.4. The molecule has 17 heavy (non-hydrogen) atoms. The van der Waals surface area contributed by atoms with Gasteiger partial charge in [0.05, 0.1) is 10.5 Å². The number of nitro groups is 1. The molecule has 0 saturated carbocycles. The summed E-state index contributed by atoms with van der Waals surface area (Å²) in [5.41, 5.74) is -0.492. The number of benzene rings is 1. The molecular weight excluding hydrogens is 224 g/mol. The quantitative estimate of drug-likeness (QED) is 0.341. The summed E-state index contributed by atoms with van der Waals surface area (Å²) in [4.78, 5) is 21.3. The lowest BCUT2D eigenvalue weighted by molar-refractivity contribution is -0.385. The minimum atomic E-state index is -0.719. The van der Waals surface area contributed by atoms with Crippen molar-refractivity contribution in [3.05, 3.63) is 52.1 Å². The number of rotatable bonds is 4. The van der Waals surface area contributed by atoms with Crippen LogP contribution in [-0.2, 0) is 4.74 Å². The van der Waals surface area contributed by atoms with Gasteiger partial charge >= 0.3 is 5.97 Å². The largest absolute Gasteiger partial charge is 0.458 e. The van der Waals surface area contributed by atoms with E-state index in [-0.39, 0.29) is 17.7 Å². The number of carbonyl (C=O) groups is 1. The molecule has 0 saturated heterocycles. The van der Waals surface area contributed by atoms with E-state index in [1.807, 2.05) is 0 Å². The molecule has 0 atom stereocenters. The van der Waals surface area contributed by atoms with E-state index in [2.05, 4.69) is 6.58 Å². The van der Waals surface area contributed by atoms with Crippen LogP contribution in [0.15, 0.2) is 30.9 Å². The summed E-state index contributed by atoms with van der Waals surface area (Å²) in [6.45, 7) is 3.39. The minimum Gasteiger partial charge on any atom is -0.458 e. The van der Waals surface area contributed by atoms with Crippen LogP contribution < -0.4 is 0 Å². The van der Waals surface area contributed by atoms with Gasteiger partial charge in [0.15, 0.2) is 0 Å². The van der Waals surface area contributed by atoms with E-state index in [1.165, 1.54) is 18.2 Å². The summed E-state index contributed by atoms with van der Waals surface area (Å²) in [6, 6.07) is 5.21. The molecule has 86 valence electrons. The maximum Gasteiger partial charge on any atom is 0.338 e. The van der Waals surface area contributed by atoms with Crippen molar-refractivity contribution in [3.8, 4) is 6.07 Å². The van der Waals surface area contributed by atoms with E-state index < -0.39 is 16.6 Å². The molecule has 1 rings (SSSR count). The van der Waals surface area contributed by atoms with Gasteiger partial charge in [0.1, 0.15) is 18.2 Å². The molecule has 0 aliphatic heterocycles. The second-order valence-corrected chi connectivity index (χ2v) is 2.99. The molecule has 0 unspecified atom stereocenters. The van der Waals surface area contributed by atoms with Crippen LogP contribution in [-0.4, -0.2) is 17.5 Å². The topological polar surface area (TPSA) is 93.2 Å². The normalized spacial score (nSPS) is 9.12. The zero-order chi connectivity index (χ0) is 12.8. The maximum absolute atomic E-state index is 11.4. The Morgan fingerprint density at radius 3 is 2.88 bits per heavy atom. The number of nitrogens with zero attached hydrogens (tertiary/aromatic N) is 2. The van der Waals surface area contributed by atoms with E-state index in [1.54, 1.807) is 6.07 Å². The van der Waals surface area contributed by atoms with Crippen molar-refractivity contribution < 1.29 is 14.5 Å². The zero-order valence-electron chi connectivity index (χ0n) is 8.75. The van der Waals surface area contributed by atoms with Crippen molar-refractivity contribution in [2.24, 2.45) is 0 Å². The standard InChI is InChI=1S/C11H8N2O4/c1-2-5-17-11(14)8-3-4-9(7-12)10(6-8)13(15)16/h2-4,6H,1,5H2. The maximum atomic E-state index is 11.4. The highest BCUT2D eigenvalue weighted by Gasteiger charge is 2.17. The zero-order valence-corrected chi connectivity index (χ0v) is 8.75. The predicted molar refractivity (Wildman–Crippen MR) is 58.3 cm³/mol. The van der Waals surface area contributed by atoms with Crippen LogP contribution in [0.4, 0.5) is 5.69 Å². The highest BCUT2D eigenvalue weighted by molar-refractivity contribution is 5.90. The predicted octanol–water partition coefficient (Wildman–Crippen LogP) is 1.81. The molecule has 0 heterocycles.